The fraction of sp³-hybridized carbons (Fsp3) is 0.0625. The van der Waals surface area contributed by atoms with Crippen LogP contribution in [0.3, 0.4) is 0 Å². The first-order valence-corrected chi connectivity index (χ1v) is 8.49. The van der Waals surface area contributed by atoms with Crippen LogP contribution >= 0.6 is 34.5 Å². The third-order valence-corrected chi connectivity index (χ3v) is 5.30. The number of rotatable bonds is 3. The van der Waals surface area contributed by atoms with Crippen molar-refractivity contribution in [3.8, 4) is 10.4 Å². The molecule has 3 amide bonds. The highest BCUT2D eigenvalue weighted by molar-refractivity contribution is 7.21. The number of ether oxygens (including phenoxy) is 1. The summed E-state index contributed by atoms with van der Waals surface area (Å²) in [4.78, 5) is 37.5. The standard InChI is InChI=1S/C16H10Cl2N2O4S/c1-24-16(23)19-9-7-10(21)20(15(9)22)12-11(17)13(25-14(12)18)8-5-3-2-4-6-8/h2-7H,1H3,(H,19,23). The van der Waals surface area contributed by atoms with E-state index in [0.29, 0.717) is 4.88 Å². The maximum absolute atomic E-state index is 12.5. The molecule has 9 heteroatoms. The zero-order chi connectivity index (χ0) is 18.1. The molecule has 1 N–H and O–H groups in total. The number of carbonyl (C=O) groups excluding carboxylic acids is 3. The maximum Gasteiger partial charge on any atom is 0.411 e. The Bertz CT molecular complexity index is 908. The van der Waals surface area contributed by atoms with Crippen LogP contribution in [0.5, 0.6) is 0 Å². The normalized spacial score (nSPS) is 13.9. The van der Waals surface area contributed by atoms with Gasteiger partial charge in [-0.05, 0) is 5.56 Å². The van der Waals surface area contributed by atoms with Crippen molar-refractivity contribution in [2.75, 3.05) is 12.0 Å². The van der Waals surface area contributed by atoms with Crippen molar-refractivity contribution < 1.29 is 19.1 Å². The molecule has 2 heterocycles. The third-order valence-electron chi connectivity index (χ3n) is 3.39. The van der Waals surface area contributed by atoms with Crippen molar-refractivity contribution in [1.29, 1.82) is 0 Å². The Hall–Kier alpha value is -2.35. The zero-order valence-electron chi connectivity index (χ0n) is 12.7. The molecule has 0 fully saturated rings. The number of imide groups is 1. The lowest BCUT2D eigenvalue weighted by Crippen LogP contribution is -2.35. The molecule has 0 bridgehead atoms. The predicted octanol–water partition coefficient (Wildman–Crippen LogP) is 3.84. The van der Waals surface area contributed by atoms with Gasteiger partial charge in [0.15, 0.2) is 0 Å². The van der Waals surface area contributed by atoms with E-state index in [1.807, 2.05) is 30.3 Å². The molecule has 0 spiro atoms. The number of amides is 3. The molecule has 3 rings (SSSR count). The van der Waals surface area contributed by atoms with Gasteiger partial charge in [0.2, 0.25) is 0 Å². The van der Waals surface area contributed by atoms with E-state index in [-0.39, 0.29) is 20.7 Å². The van der Waals surface area contributed by atoms with Gasteiger partial charge in [-0.2, -0.15) is 0 Å². The van der Waals surface area contributed by atoms with Gasteiger partial charge in [-0.3, -0.25) is 14.9 Å². The maximum atomic E-state index is 12.5. The van der Waals surface area contributed by atoms with Crippen LogP contribution in [0.1, 0.15) is 0 Å². The number of benzene rings is 1. The van der Waals surface area contributed by atoms with Crippen LogP contribution in [0, 0.1) is 0 Å². The van der Waals surface area contributed by atoms with Crippen LogP contribution < -0.4 is 10.2 Å². The van der Waals surface area contributed by atoms with Crippen molar-refractivity contribution in [3.63, 3.8) is 0 Å². The topological polar surface area (TPSA) is 75.7 Å². The highest BCUT2D eigenvalue weighted by Crippen LogP contribution is 2.49. The Labute approximate surface area is 156 Å². The molecule has 2 aromatic rings. The Balaban J connectivity index is 1.98. The van der Waals surface area contributed by atoms with Crippen LogP contribution in [0.2, 0.25) is 9.36 Å². The van der Waals surface area contributed by atoms with E-state index in [0.717, 1.165) is 35.0 Å². The van der Waals surface area contributed by atoms with Crippen LogP contribution in [-0.2, 0) is 14.3 Å². The largest absolute Gasteiger partial charge is 0.453 e. The SMILES string of the molecule is COC(=O)NC1=CC(=O)N(c2c(Cl)sc(-c3ccccc3)c2Cl)C1=O. The summed E-state index contributed by atoms with van der Waals surface area (Å²) in [6, 6.07) is 9.22. The minimum Gasteiger partial charge on any atom is -0.453 e. The summed E-state index contributed by atoms with van der Waals surface area (Å²) in [6.07, 6.45) is 0.132. The van der Waals surface area contributed by atoms with Crippen LogP contribution in [0.25, 0.3) is 10.4 Å². The molecule has 0 atom stereocenters. The van der Waals surface area contributed by atoms with Crippen molar-refractivity contribution >= 4 is 58.1 Å². The number of nitrogens with one attached hydrogen (secondary N) is 1. The van der Waals surface area contributed by atoms with Gasteiger partial charge < -0.3 is 4.74 Å². The minimum atomic E-state index is -0.860. The molecule has 25 heavy (non-hydrogen) atoms. The number of alkyl carbamates (subject to hydrolysis) is 1. The number of methoxy groups -OCH3 is 1. The first-order chi connectivity index (χ1) is 11.9. The second-order valence-electron chi connectivity index (χ2n) is 4.89. The van der Waals surface area contributed by atoms with Gasteiger partial charge in [0, 0.05) is 6.08 Å². The zero-order valence-corrected chi connectivity index (χ0v) is 15.0. The number of halogens is 2. The number of anilines is 1. The first kappa shape index (κ1) is 17.5. The van der Waals surface area contributed by atoms with E-state index in [1.54, 1.807) is 0 Å². The Morgan fingerprint density at radius 1 is 1.20 bits per heavy atom. The van der Waals surface area contributed by atoms with Gasteiger partial charge in [0.25, 0.3) is 11.8 Å². The summed E-state index contributed by atoms with van der Waals surface area (Å²) in [6.45, 7) is 0. The monoisotopic (exact) mass is 396 g/mol. The van der Waals surface area contributed by atoms with E-state index in [4.69, 9.17) is 23.2 Å². The summed E-state index contributed by atoms with van der Waals surface area (Å²) in [5.74, 6) is -1.39. The molecule has 128 valence electrons. The van der Waals surface area contributed by atoms with E-state index in [2.05, 4.69) is 10.1 Å². The van der Waals surface area contributed by atoms with Crippen molar-refractivity contribution in [2.24, 2.45) is 0 Å². The van der Waals surface area contributed by atoms with Gasteiger partial charge in [-0.1, -0.05) is 53.5 Å². The number of carbonyl (C=O) groups is 3. The average Bonchev–Trinajstić information content (AvgIpc) is 3.04. The third kappa shape index (κ3) is 3.13. The molecule has 1 aromatic carbocycles. The Kier molecular flexibility index (Phi) is 4.80. The molecule has 1 aromatic heterocycles. The van der Waals surface area contributed by atoms with Crippen LogP contribution in [0.4, 0.5) is 10.5 Å². The predicted molar refractivity (Wildman–Crippen MR) is 95.9 cm³/mol. The lowest BCUT2D eigenvalue weighted by Gasteiger charge is -2.14. The number of thiophene rings is 1. The second kappa shape index (κ2) is 6.87. The van der Waals surface area contributed by atoms with E-state index in [9.17, 15) is 14.4 Å². The molecular weight excluding hydrogens is 387 g/mol. The number of nitrogens with zero attached hydrogens (tertiary/aromatic N) is 1. The van der Waals surface area contributed by atoms with Gasteiger partial charge in [0.1, 0.15) is 15.7 Å². The summed E-state index contributed by atoms with van der Waals surface area (Å²) in [5.41, 5.74) is 0.696. The van der Waals surface area contributed by atoms with Crippen molar-refractivity contribution in [2.45, 2.75) is 0 Å². The fourth-order valence-electron chi connectivity index (χ4n) is 2.27. The van der Waals surface area contributed by atoms with Crippen molar-refractivity contribution in [3.05, 3.63) is 51.5 Å². The van der Waals surface area contributed by atoms with E-state index < -0.39 is 17.9 Å². The minimum absolute atomic E-state index is 0.0973. The average molecular weight is 397 g/mol. The number of hydrogen-bond acceptors (Lipinski definition) is 5. The molecular formula is C16H10Cl2N2O4S. The second-order valence-corrected chi connectivity index (χ2v) is 6.89. The molecule has 0 saturated heterocycles. The summed E-state index contributed by atoms with van der Waals surface area (Å²) in [7, 11) is 1.15. The smallest absolute Gasteiger partial charge is 0.411 e. The fourth-order valence-corrected chi connectivity index (χ4v) is 4.10. The van der Waals surface area contributed by atoms with Gasteiger partial charge >= 0.3 is 6.09 Å². The molecule has 1 aliphatic rings. The van der Waals surface area contributed by atoms with E-state index in [1.165, 1.54) is 0 Å². The molecule has 0 unspecified atom stereocenters. The summed E-state index contributed by atoms with van der Waals surface area (Å²) < 4.78 is 4.62. The van der Waals surface area contributed by atoms with Gasteiger partial charge in [0.05, 0.1) is 17.0 Å². The Morgan fingerprint density at radius 2 is 1.88 bits per heavy atom. The molecule has 0 saturated carbocycles. The molecule has 1 aliphatic heterocycles. The molecule has 0 aliphatic carbocycles. The van der Waals surface area contributed by atoms with E-state index >= 15 is 0 Å². The highest BCUT2D eigenvalue weighted by Gasteiger charge is 2.37. The number of hydrogen-bond donors (Lipinski definition) is 1. The van der Waals surface area contributed by atoms with Crippen LogP contribution in [0.15, 0.2) is 42.1 Å². The van der Waals surface area contributed by atoms with Crippen LogP contribution in [-0.4, -0.2) is 25.0 Å². The summed E-state index contributed by atoms with van der Waals surface area (Å²) >= 11 is 13.8. The lowest BCUT2D eigenvalue weighted by atomic mass is 10.2. The van der Waals surface area contributed by atoms with Gasteiger partial charge in [-0.25, -0.2) is 9.69 Å². The van der Waals surface area contributed by atoms with Crippen molar-refractivity contribution in [1.82, 2.24) is 5.32 Å². The lowest BCUT2D eigenvalue weighted by molar-refractivity contribution is -0.120. The first-order valence-electron chi connectivity index (χ1n) is 6.92. The summed E-state index contributed by atoms with van der Waals surface area (Å²) in [5, 5.41) is 2.38. The van der Waals surface area contributed by atoms with Gasteiger partial charge in [-0.15, -0.1) is 11.3 Å². The highest BCUT2D eigenvalue weighted by atomic mass is 35.5. The molecule has 0 radical (unpaired) electrons. The Morgan fingerprint density at radius 3 is 2.52 bits per heavy atom. The quantitative estimate of drug-likeness (QED) is 0.799. The molecule has 6 nitrogen and oxygen atoms in total.